The van der Waals surface area contributed by atoms with Gasteiger partial charge < -0.3 is 4.74 Å². The molecule has 2 rings (SSSR count). The number of thiophene rings is 1. The van der Waals surface area contributed by atoms with Crippen molar-refractivity contribution in [2.75, 3.05) is 7.11 Å². The predicted octanol–water partition coefficient (Wildman–Crippen LogP) is 3.38. The predicted molar refractivity (Wildman–Crippen MR) is 95.5 cm³/mol. The Morgan fingerprint density at radius 1 is 1.35 bits per heavy atom. The quantitative estimate of drug-likeness (QED) is 0.468. The number of esters is 1. The van der Waals surface area contributed by atoms with Crippen LogP contribution >= 0.6 is 23.1 Å². The molecule has 0 radical (unpaired) electrons. The van der Waals surface area contributed by atoms with Gasteiger partial charge in [0.25, 0.3) is 5.56 Å². The number of thioether (sulfide) groups is 1. The minimum atomic E-state index is -0.412. The summed E-state index contributed by atoms with van der Waals surface area (Å²) in [5, 5.41) is 0.864. The summed E-state index contributed by atoms with van der Waals surface area (Å²) in [7, 11) is 1.36. The number of methoxy groups -OCH3 is 1. The van der Waals surface area contributed by atoms with Crippen LogP contribution in [0.3, 0.4) is 0 Å². The zero-order chi connectivity index (χ0) is 17.3. The third kappa shape index (κ3) is 3.61. The van der Waals surface area contributed by atoms with Gasteiger partial charge in [-0.05, 0) is 32.3 Å². The Hall–Kier alpha value is -1.34. The maximum atomic E-state index is 12.9. The molecule has 0 amide bonds. The Morgan fingerprint density at radius 2 is 2.00 bits per heavy atom. The van der Waals surface area contributed by atoms with Crippen LogP contribution in [0.15, 0.2) is 9.95 Å². The Kier molecular flexibility index (Phi) is 5.52. The van der Waals surface area contributed by atoms with Gasteiger partial charge in [0.15, 0.2) is 5.16 Å². The average molecular weight is 354 g/mol. The molecule has 23 heavy (non-hydrogen) atoms. The van der Waals surface area contributed by atoms with Gasteiger partial charge in [-0.2, -0.15) is 0 Å². The highest BCUT2D eigenvalue weighted by molar-refractivity contribution is 8.00. The monoisotopic (exact) mass is 354 g/mol. The molecule has 7 heteroatoms. The topological polar surface area (TPSA) is 61.2 Å². The average Bonchev–Trinajstić information content (AvgIpc) is 2.76. The second-order valence-electron chi connectivity index (χ2n) is 5.95. The van der Waals surface area contributed by atoms with E-state index in [0.717, 1.165) is 15.3 Å². The number of carbonyl (C=O) groups excluding carboxylic acids is 1. The summed E-state index contributed by atoms with van der Waals surface area (Å²) >= 11 is 2.79. The lowest BCUT2D eigenvalue weighted by Crippen LogP contribution is -2.27. The van der Waals surface area contributed by atoms with Crippen molar-refractivity contribution >= 4 is 39.3 Å². The van der Waals surface area contributed by atoms with Crippen LogP contribution in [0, 0.1) is 19.8 Å². The first-order valence-electron chi connectivity index (χ1n) is 7.51. The number of carbonyl (C=O) groups is 1. The van der Waals surface area contributed by atoms with Gasteiger partial charge in [0, 0.05) is 11.4 Å². The minimum absolute atomic E-state index is 0.0230. The van der Waals surface area contributed by atoms with E-state index in [9.17, 15) is 9.59 Å². The van der Waals surface area contributed by atoms with Crippen molar-refractivity contribution in [1.82, 2.24) is 9.55 Å². The van der Waals surface area contributed by atoms with Crippen molar-refractivity contribution in [3.63, 3.8) is 0 Å². The van der Waals surface area contributed by atoms with E-state index in [4.69, 9.17) is 4.74 Å². The number of rotatable bonds is 5. The highest BCUT2D eigenvalue weighted by atomic mass is 32.2. The molecule has 0 aliphatic heterocycles. The summed E-state index contributed by atoms with van der Waals surface area (Å²) in [6, 6.07) is 0. The molecule has 1 unspecified atom stereocenters. The Balaban J connectivity index is 2.61. The first-order valence-corrected chi connectivity index (χ1v) is 9.20. The van der Waals surface area contributed by atoms with E-state index in [1.165, 1.54) is 30.2 Å². The smallest absolute Gasteiger partial charge is 0.318 e. The van der Waals surface area contributed by atoms with Gasteiger partial charge in [-0.3, -0.25) is 14.2 Å². The van der Waals surface area contributed by atoms with E-state index in [2.05, 4.69) is 18.8 Å². The molecule has 0 aliphatic carbocycles. The molecule has 1 atom stereocenters. The zero-order valence-corrected chi connectivity index (χ0v) is 15.9. The first-order chi connectivity index (χ1) is 10.8. The second kappa shape index (κ2) is 7.05. The zero-order valence-electron chi connectivity index (χ0n) is 14.3. The van der Waals surface area contributed by atoms with Crippen molar-refractivity contribution in [2.45, 2.75) is 51.6 Å². The fraction of sp³-hybridized carbons (Fsp3) is 0.562. The van der Waals surface area contributed by atoms with Gasteiger partial charge in [-0.15, -0.1) is 11.3 Å². The molecule has 0 aliphatic rings. The SMILES string of the molecule is COC(=O)C(C)Sc1nc2sc(C)c(C)c2c(=O)n1CC(C)C. The van der Waals surface area contributed by atoms with Crippen molar-refractivity contribution in [3.05, 3.63) is 20.8 Å². The van der Waals surface area contributed by atoms with E-state index in [1.807, 2.05) is 13.8 Å². The van der Waals surface area contributed by atoms with Crippen LogP contribution in [0.2, 0.25) is 0 Å². The van der Waals surface area contributed by atoms with E-state index < -0.39 is 5.25 Å². The summed E-state index contributed by atoms with van der Waals surface area (Å²) in [5.74, 6) is -0.0150. The number of hydrogen-bond acceptors (Lipinski definition) is 6. The summed E-state index contributed by atoms with van der Waals surface area (Å²) in [6.45, 7) is 10.4. The largest absolute Gasteiger partial charge is 0.468 e. The molecule has 0 saturated carbocycles. The fourth-order valence-corrected chi connectivity index (χ4v) is 4.31. The Morgan fingerprint density at radius 3 is 2.57 bits per heavy atom. The molecule has 2 aromatic heterocycles. The molecule has 0 fully saturated rings. The van der Waals surface area contributed by atoms with Crippen molar-refractivity contribution in [2.24, 2.45) is 5.92 Å². The number of ether oxygens (including phenoxy) is 1. The molecular weight excluding hydrogens is 332 g/mol. The standard InChI is InChI=1S/C16H22N2O3S2/c1-8(2)7-18-14(19)12-9(3)10(4)22-13(12)17-16(18)23-11(5)15(20)21-6/h8,11H,7H2,1-6H3. The van der Waals surface area contributed by atoms with E-state index in [0.29, 0.717) is 23.0 Å². The van der Waals surface area contributed by atoms with Gasteiger partial charge in [-0.25, -0.2) is 4.98 Å². The lowest BCUT2D eigenvalue weighted by Gasteiger charge is -2.16. The summed E-state index contributed by atoms with van der Waals surface area (Å²) in [6.07, 6.45) is 0. The van der Waals surface area contributed by atoms with Crippen LogP contribution in [0.4, 0.5) is 0 Å². The highest BCUT2D eigenvalue weighted by Crippen LogP contribution is 2.30. The van der Waals surface area contributed by atoms with Crippen LogP contribution in [-0.4, -0.2) is 27.9 Å². The Bertz CT molecular complexity index is 793. The molecule has 0 saturated heterocycles. The number of fused-ring (bicyclic) bond motifs is 1. The third-order valence-electron chi connectivity index (χ3n) is 3.62. The second-order valence-corrected chi connectivity index (χ2v) is 8.46. The summed E-state index contributed by atoms with van der Waals surface area (Å²) in [5.41, 5.74) is 0.975. The Labute approximate surface area is 144 Å². The van der Waals surface area contributed by atoms with Crippen molar-refractivity contribution in [3.8, 4) is 0 Å². The van der Waals surface area contributed by atoms with Crippen LogP contribution in [0.5, 0.6) is 0 Å². The first kappa shape index (κ1) is 18.0. The lowest BCUT2D eigenvalue weighted by molar-refractivity contribution is -0.139. The van der Waals surface area contributed by atoms with Crippen LogP contribution in [-0.2, 0) is 16.1 Å². The van der Waals surface area contributed by atoms with E-state index >= 15 is 0 Å². The van der Waals surface area contributed by atoms with Crippen LogP contribution in [0.25, 0.3) is 10.2 Å². The highest BCUT2D eigenvalue weighted by Gasteiger charge is 2.22. The molecule has 2 heterocycles. The number of aryl methyl sites for hydroxylation is 2. The molecule has 0 aromatic carbocycles. The fourth-order valence-electron chi connectivity index (χ4n) is 2.30. The van der Waals surface area contributed by atoms with E-state index in [1.54, 1.807) is 11.5 Å². The van der Waals surface area contributed by atoms with Gasteiger partial charge in [-0.1, -0.05) is 25.6 Å². The number of hydrogen-bond donors (Lipinski definition) is 0. The molecule has 126 valence electrons. The molecule has 2 aromatic rings. The van der Waals surface area contributed by atoms with Crippen molar-refractivity contribution in [1.29, 1.82) is 0 Å². The van der Waals surface area contributed by atoms with E-state index in [-0.39, 0.29) is 11.5 Å². The molecule has 5 nitrogen and oxygen atoms in total. The van der Waals surface area contributed by atoms with Gasteiger partial charge in [0.1, 0.15) is 10.1 Å². The molecule has 0 N–H and O–H groups in total. The molecular formula is C16H22N2O3S2. The van der Waals surface area contributed by atoms with Crippen molar-refractivity contribution < 1.29 is 9.53 Å². The maximum Gasteiger partial charge on any atom is 0.318 e. The summed E-state index contributed by atoms with van der Waals surface area (Å²) in [4.78, 5) is 31.1. The van der Waals surface area contributed by atoms with Gasteiger partial charge in [0.05, 0.1) is 12.5 Å². The number of aromatic nitrogens is 2. The lowest BCUT2D eigenvalue weighted by atomic mass is 10.2. The van der Waals surface area contributed by atoms with Gasteiger partial charge in [0.2, 0.25) is 0 Å². The normalized spacial score (nSPS) is 12.8. The number of nitrogens with zero attached hydrogens (tertiary/aromatic N) is 2. The summed E-state index contributed by atoms with van der Waals surface area (Å²) < 4.78 is 6.46. The van der Waals surface area contributed by atoms with Crippen LogP contribution < -0.4 is 5.56 Å². The third-order valence-corrected chi connectivity index (χ3v) is 5.79. The molecule has 0 bridgehead atoms. The minimum Gasteiger partial charge on any atom is -0.468 e. The van der Waals surface area contributed by atoms with Crippen LogP contribution in [0.1, 0.15) is 31.2 Å². The van der Waals surface area contributed by atoms with Gasteiger partial charge >= 0.3 is 5.97 Å². The maximum absolute atomic E-state index is 12.9. The molecule has 0 spiro atoms.